The smallest absolute Gasteiger partial charge is 0.240 e. The quantitative estimate of drug-likeness (QED) is 0.713. The molecule has 0 aromatic rings. The van der Waals surface area contributed by atoms with Crippen LogP contribution in [0.25, 0.3) is 0 Å². The minimum absolute atomic E-state index is 0.0690. The molecule has 2 amide bonds. The standard InChI is InChI=1S/C14H23N3O2/c1-10(17-6-2-3-7-17)8-12(14(15)19)16-13(18)9-11-4-5-11/h11-12H,1-9H2,(H2,15,19)(H,16,18)/t12-/m0/s1. The first-order valence-corrected chi connectivity index (χ1v) is 7.07. The van der Waals surface area contributed by atoms with Gasteiger partial charge in [0.2, 0.25) is 11.8 Å². The van der Waals surface area contributed by atoms with Gasteiger partial charge in [0.15, 0.2) is 0 Å². The topological polar surface area (TPSA) is 75.4 Å². The summed E-state index contributed by atoms with van der Waals surface area (Å²) in [6.07, 6.45) is 5.50. The maximum Gasteiger partial charge on any atom is 0.240 e. The van der Waals surface area contributed by atoms with Crippen molar-refractivity contribution in [3.8, 4) is 0 Å². The molecule has 0 aromatic carbocycles. The number of hydrogen-bond donors (Lipinski definition) is 2. The molecule has 5 heteroatoms. The lowest BCUT2D eigenvalue weighted by Crippen LogP contribution is -2.45. The normalized spacial score (nSPS) is 20.1. The molecule has 1 aliphatic heterocycles. The number of carbonyl (C=O) groups is 2. The van der Waals surface area contributed by atoms with Crippen LogP contribution in [0, 0.1) is 5.92 Å². The Morgan fingerprint density at radius 3 is 2.47 bits per heavy atom. The molecule has 2 rings (SSSR count). The van der Waals surface area contributed by atoms with E-state index in [9.17, 15) is 9.59 Å². The number of nitrogens with zero attached hydrogens (tertiary/aromatic N) is 1. The lowest BCUT2D eigenvalue weighted by Gasteiger charge is -2.24. The molecular weight excluding hydrogens is 242 g/mol. The van der Waals surface area contributed by atoms with Crippen LogP contribution in [0.3, 0.4) is 0 Å². The van der Waals surface area contributed by atoms with Gasteiger partial charge >= 0.3 is 0 Å². The van der Waals surface area contributed by atoms with Gasteiger partial charge in [0.05, 0.1) is 0 Å². The predicted octanol–water partition coefficient (Wildman–Crippen LogP) is 0.756. The van der Waals surface area contributed by atoms with Gasteiger partial charge in [0.1, 0.15) is 6.04 Å². The Hall–Kier alpha value is -1.52. The van der Waals surface area contributed by atoms with Gasteiger partial charge in [0.25, 0.3) is 0 Å². The molecule has 1 aliphatic carbocycles. The van der Waals surface area contributed by atoms with Crippen LogP contribution in [0.4, 0.5) is 0 Å². The van der Waals surface area contributed by atoms with E-state index in [1.807, 2.05) is 0 Å². The highest BCUT2D eigenvalue weighted by Gasteiger charge is 2.27. The molecular formula is C14H23N3O2. The van der Waals surface area contributed by atoms with Crippen LogP contribution in [-0.4, -0.2) is 35.8 Å². The SMILES string of the molecule is C=C(C[C@H](NC(=O)CC1CC1)C(N)=O)N1CCCC1. The highest BCUT2D eigenvalue weighted by Crippen LogP contribution is 2.32. The summed E-state index contributed by atoms with van der Waals surface area (Å²) in [6, 6.07) is -0.626. The number of carbonyl (C=O) groups excluding carboxylic acids is 2. The van der Waals surface area contributed by atoms with Crippen molar-refractivity contribution in [1.29, 1.82) is 0 Å². The molecule has 2 aliphatic rings. The number of likely N-dealkylation sites (tertiary alicyclic amines) is 1. The highest BCUT2D eigenvalue weighted by molar-refractivity contribution is 5.86. The van der Waals surface area contributed by atoms with Crippen molar-refractivity contribution < 1.29 is 9.59 Å². The Morgan fingerprint density at radius 2 is 1.95 bits per heavy atom. The first-order valence-electron chi connectivity index (χ1n) is 7.07. The molecule has 0 radical (unpaired) electrons. The van der Waals surface area contributed by atoms with Crippen molar-refractivity contribution in [2.24, 2.45) is 11.7 Å². The van der Waals surface area contributed by atoms with Crippen molar-refractivity contribution in [2.45, 2.75) is 44.6 Å². The lowest BCUT2D eigenvalue weighted by molar-refractivity contribution is -0.127. The third kappa shape index (κ3) is 4.26. The second kappa shape index (κ2) is 6.08. The van der Waals surface area contributed by atoms with Crippen LogP contribution in [0.2, 0.25) is 0 Å². The molecule has 1 saturated heterocycles. The molecule has 5 nitrogen and oxygen atoms in total. The fourth-order valence-electron chi connectivity index (χ4n) is 2.46. The fraction of sp³-hybridized carbons (Fsp3) is 0.714. The van der Waals surface area contributed by atoms with Gasteiger partial charge in [-0.2, -0.15) is 0 Å². The Balaban J connectivity index is 1.82. The van der Waals surface area contributed by atoms with E-state index in [-0.39, 0.29) is 5.91 Å². The first kappa shape index (κ1) is 13.9. The van der Waals surface area contributed by atoms with E-state index in [1.54, 1.807) is 0 Å². The van der Waals surface area contributed by atoms with Gasteiger partial charge in [-0.25, -0.2) is 0 Å². The summed E-state index contributed by atoms with van der Waals surface area (Å²) >= 11 is 0. The van der Waals surface area contributed by atoms with E-state index in [0.717, 1.165) is 44.5 Å². The average molecular weight is 265 g/mol. The maximum atomic E-state index is 11.7. The van der Waals surface area contributed by atoms with E-state index >= 15 is 0 Å². The molecule has 106 valence electrons. The van der Waals surface area contributed by atoms with Crippen molar-refractivity contribution in [3.63, 3.8) is 0 Å². The summed E-state index contributed by atoms with van der Waals surface area (Å²) in [6.45, 7) is 5.98. The van der Waals surface area contributed by atoms with E-state index in [2.05, 4.69) is 16.8 Å². The van der Waals surface area contributed by atoms with Crippen molar-refractivity contribution in [3.05, 3.63) is 12.3 Å². The molecule has 19 heavy (non-hydrogen) atoms. The van der Waals surface area contributed by atoms with Crippen molar-refractivity contribution in [2.75, 3.05) is 13.1 Å². The third-order valence-electron chi connectivity index (χ3n) is 3.84. The molecule has 1 saturated carbocycles. The Morgan fingerprint density at radius 1 is 1.32 bits per heavy atom. The van der Waals surface area contributed by atoms with Crippen LogP contribution in [-0.2, 0) is 9.59 Å². The second-order valence-electron chi connectivity index (χ2n) is 5.63. The zero-order chi connectivity index (χ0) is 13.8. The van der Waals surface area contributed by atoms with Gasteiger partial charge in [-0.15, -0.1) is 0 Å². The fourth-order valence-corrected chi connectivity index (χ4v) is 2.46. The minimum Gasteiger partial charge on any atom is -0.375 e. The monoisotopic (exact) mass is 265 g/mol. The lowest BCUT2D eigenvalue weighted by atomic mass is 10.1. The van der Waals surface area contributed by atoms with Gasteiger partial charge in [-0.1, -0.05) is 6.58 Å². The summed E-state index contributed by atoms with van der Waals surface area (Å²) in [5.41, 5.74) is 6.26. The minimum atomic E-state index is -0.626. The van der Waals surface area contributed by atoms with Crippen LogP contribution in [0.15, 0.2) is 12.3 Å². The molecule has 0 unspecified atom stereocenters. The Labute approximate surface area is 114 Å². The van der Waals surface area contributed by atoms with Crippen LogP contribution in [0.1, 0.15) is 38.5 Å². The zero-order valence-electron chi connectivity index (χ0n) is 11.4. The molecule has 2 fully saturated rings. The van der Waals surface area contributed by atoms with Gasteiger partial charge in [0, 0.05) is 31.6 Å². The highest BCUT2D eigenvalue weighted by atomic mass is 16.2. The molecule has 1 atom stereocenters. The number of nitrogens with one attached hydrogen (secondary N) is 1. The van der Waals surface area contributed by atoms with Crippen molar-refractivity contribution >= 4 is 11.8 Å². The molecule has 0 bridgehead atoms. The van der Waals surface area contributed by atoms with E-state index in [1.165, 1.54) is 0 Å². The molecule has 3 N–H and O–H groups in total. The molecule has 1 heterocycles. The number of hydrogen-bond acceptors (Lipinski definition) is 3. The third-order valence-corrected chi connectivity index (χ3v) is 3.84. The average Bonchev–Trinajstić information content (AvgIpc) is 2.98. The molecule has 0 spiro atoms. The number of amides is 2. The van der Waals surface area contributed by atoms with Crippen LogP contribution in [0.5, 0.6) is 0 Å². The summed E-state index contributed by atoms with van der Waals surface area (Å²) in [7, 11) is 0. The second-order valence-corrected chi connectivity index (χ2v) is 5.63. The predicted molar refractivity (Wildman–Crippen MR) is 73.0 cm³/mol. The van der Waals surface area contributed by atoms with E-state index < -0.39 is 11.9 Å². The number of rotatable bonds is 7. The van der Waals surface area contributed by atoms with E-state index in [4.69, 9.17) is 5.73 Å². The summed E-state index contributed by atoms with van der Waals surface area (Å²) in [5.74, 6) is -0.0414. The first-order chi connectivity index (χ1) is 9.06. The van der Waals surface area contributed by atoms with Gasteiger partial charge in [-0.05, 0) is 31.6 Å². The summed E-state index contributed by atoms with van der Waals surface area (Å²) < 4.78 is 0. The van der Waals surface area contributed by atoms with Crippen LogP contribution >= 0.6 is 0 Å². The zero-order valence-corrected chi connectivity index (χ0v) is 11.4. The van der Waals surface area contributed by atoms with Gasteiger partial charge in [-0.3, -0.25) is 9.59 Å². The summed E-state index contributed by atoms with van der Waals surface area (Å²) in [4.78, 5) is 25.4. The molecule has 0 aromatic heterocycles. The number of primary amides is 1. The van der Waals surface area contributed by atoms with Crippen molar-refractivity contribution in [1.82, 2.24) is 10.2 Å². The Bertz CT molecular complexity index is 371. The largest absolute Gasteiger partial charge is 0.375 e. The van der Waals surface area contributed by atoms with Crippen LogP contribution < -0.4 is 11.1 Å². The maximum absolute atomic E-state index is 11.7. The summed E-state index contributed by atoms with van der Waals surface area (Å²) in [5, 5.41) is 2.74. The number of nitrogens with two attached hydrogens (primary N) is 1. The Kier molecular flexibility index (Phi) is 4.45. The van der Waals surface area contributed by atoms with E-state index in [0.29, 0.717) is 18.8 Å². The van der Waals surface area contributed by atoms with Gasteiger partial charge < -0.3 is 16.0 Å².